The van der Waals surface area contributed by atoms with Gasteiger partial charge in [-0.2, -0.15) is 0 Å². The molecule has 0 spiro atoms. The lowest BCUT2D eigenvalue weighted by Gasteiger charge is -2.09. The van der Waals surface area contributed by atoms with E-state index >= 15 is 0 Å². The van der Waals surface area contributed by atoms with Crippen molar-refractivity contribution >= 4 is 22.6 Å². The SMILES string of the molecule is CCn1cc(C(=O)Nc2ccccc2OC)c2cccnc21. The molecule has 0 fully saturated rings. The first-order valence-corrected chi connectivity index (χ1v) is 7.12. The molecule has 5 heteroatoms. The summed E-state index contributed by atoms with van der Waals surface area (Å²) in [6.07, 6.45) is 3.57. The van der Waals surface area contributed by atoms with Crippen LogP contribution in [0.1, 0.15) is 17.3 Å². The van der Waals surface area contributed by atoms with E-state index < -0.39 is 0 Å². The first-order valence-electron chi connectivity index (χ1n) is 7.12. The Labute approximate surface area is 128 Å². The van der Waals surface area contributed by atoms with Crippen LogP contribution in [0.3, 0.4) is 0 Å². The highest BCUT2D eigenvalue weighted by Gasteiger charge is 2.16. The van der Waals surface area contributed by atoms with Crippen molar-refractivity contribution in [3.05, 3.63) is 54.4 Å². The van der Waals surface area contributed by atoms with Crippen molar-refractivity contribution in [2.45, 2.75) is 13.5 Å². The lowest BCUT2D eigenvalue weighted by atomic mass is 10.2. The van der Waals surface area contributed by atoms with E-state index in [1.165, 1.54) is 0 Å². The van der Waals surface area contributed by atoms with Gasteiger partial charge in [-0.05, 0) is 31.2 Å². The van der Waals surface area contributed by atoms with Gasteiger partial charge in [0, 0.05) is 24.3 Å². The van der Waals surface area contributed by atoms with Crippen molar-refractivity contribution in [1.82, 2.24) is 9.55 Å². The van der Waals surface area contributed by atoms with E-state index in [-0.39, 0.29) is 5.91 Å². The minimum atomic E-state index is -0.172. The number of nitrogens with one attached hydrogen (secondary N) is 1. The molecule has 0 saturated heterocycles. The molecule has 0 unspecified atom stereocenters. The third-order valence-corrected chi connectivity index (χ3v) is 3.57. The summed E-state index contributed by atoms with van der Waals surface area (Å²) in [6.45, 7) is 2.78. The number of pyridine rings is 1. The number of amides is 1. The zero-order valence-electron chi connectivity index (χ0n) is 12.5. The number of benzene rings is 1. The molecule has 5 nitrogen and oxygen atoms in total. The molecule has 2 aromatic heterocycles. The molecule has 1 N–H and O–H groups in total. The summed E-state index contributed by atoms with van der Waals surface area (Å²) in [5, 5.41) is 3.75. The maximum Gasteiger partial charge on any atom is 0.258 e. The minimum Gasteiger partial charge on any atom is -0.495 e. The summed E-state index contributed by atoms with van der Waals surface area (Å²) in [5.74, 6) is 0.461. The van der Waals surface area contributed by atoms with Gasteiger partial charge in [-0.15, -0.1) is 0 Å². The van der Waals surface area contributed by atoms with Gasteiger partial charge in [0.2, 0.25) is 0 Å². The molecule has 0 radical (unpaired) electrons. The fourth-order valence-corrected chi connectivity index (χ4v) is 2.48. The first kappa shape index (κ1) is 14.1. The Kier molecular flexibility index (Phi) is 3.78. The van der Waals surface area contributed by atoms with Gasteiger partial charge >= 0.3 is 0 Å². The lowest BCUT2D eigenvalue weighted by molar-refractivity contribution is 0.102. The molecule has 22 heavy (non-hydrogen) atoms. The first-order chi connectivity index (χ1) is 10.7. The van der Waals surface area contributed by atoms with Crippen LogP contribution in [0.2, 0.25) is 0 Å². The number of carbonyl (C=O) groups excluding carboxylic acids is 1. The fourth-order valence-electron chi connectivity index (χ4n) is 2.48. The number of methoxy groups -OCH3 is 1. The second-order valence-electron chi connectivity index (χ2n) is 4.86. The van der Waals surface area contributed by atoms with E-state index in [1.807, 2.05) is 54.1 Å². The number of aryl methyl sites for hydroxylation is 1. The maximum absolute atomic E-state index is 12.6. The number of nitrogens with zero attached hydrogens (tertiary/aromatic N) is 2. The van der Waals surface area contributed by atoms with Crippen LogP contribution in [0.4, 0.5) is 5.69 Å². The highest BCUT2D eigenvalue weighted by Crippen LogP contribution is 2.25. The summed E-state index contributed by atoms with van der Waals surface area (Å²) in [5.41, 5.74) is 2.07. The van der Waals surface area contributed by atoms with E-state index in [2.05, 4.69) is 10.3 Å². The van der Waals surface area contributed by atoms with Crippen LogP contribution in [0.5, 0.6) is 5.75 Å². The van der Waals surface area contributed by atoms with Crippen molar-refractivity contribution in [2.75, 3.05) is 12.4 Å². The van der Waals surface area contributed by atoms with E-state index in [0.717, 1.165) is 17.6 Å². The Morgan fingerprint density at radius 3 is 2.86 bits per heavy atom. The van der Waals surface area contributed by atoms with Gasteiger partial charge in [0.05, 0.1) is 18.4 Å². The number of carbonyl (C=O) groups is 1. The number of ether oxygens (including phenoxy) is 1. The molecule has 1 amide bonds. The monoisotopic (exact) mass is 295 g/mol. The minimum absolute atomic E-state index is 0.172. The molecule has 112 valence electrons. The average Bonchev–Trinajstić information content (AvgIpc) is 2.94. The Balaban J connectivity index is 1.99. The smallest absolute Gasteiger partial charge is 0.258 e. The number of fused-ring (bicyclic) bond motifs is 1. The quantitative estimate of drug-likeness (QED) is 0.803. The highest BCUT2D eigenvalue weighted by atomic mass is 16.5. The number of anilines is 1. The van der Waals surface area contributed by atoms with Gasteiger partial charge in [-0.25, -0.2) is 4.98 Å². The van der Waals surface area contributed by atoms with Gasteiger partial charge in [-0.3, -0.25) is 4.79 Å². The van der Waals surface area contributed by atoms with Crippen molar-refractivity contribution in [3.63, 3.8) is 0 Å². The van der Waals surface area contributed by atoms with Crippen LogP contribution in [0.15, 0.2) is 48.8 Å². The third-order valence-electron chi connectivity index (χ3n) is 3.57. The van der Waals surface area contributed by atoms with Crippen molar-refractivity contribution in [2.24, 2.45) is 0 Å². The topological polar surface area (TPSA) is 56.2 Å². The van der Waals surface area contributed by atoms with Crippen LogP contribution in [-0.2, 0) is 6.54 Å². The van der Waals surface area contributed by atoms with Crippen LogP contribution in [-0.4, -0.2) is 22.6 Å². The number of hydrogen-bond acceptors (Lipinski definition) is 3. The predicted octanol–water partition coefficient (Wildman–Crippen LogP) is 3.32. The number of rotatable bonds is 4. The molecule has 2 heterocycles. The van der Waals surface area contributed by atoms with E-state index in [4.69, 9.17) is 4.74 Å². The van der Waals surface area contributed by atoms with Crippen LogP contribution in [0, 0.1) is 0 Å². The molecular formula is C17H17N3O2. The van der Waals surface area contributed by atoms with Gasteiger partial charge < -0.3 is 14.6 Å². The standard InChI is InChI=1S/C17H17N3O2/c1-3-20-11-13(12-7-6-10-18-16(12)20)17(21)19-14-8-4-5-9-15(14)22-2/h4-11H,3H2,1-2H3,(H,19,21). The Bertz CT molecular complexity index is 824. The summed E-state index contributed by atoms with van der Waals surface area (Å²) >= 11 is 0. The number of para-hydroxylation sites is 2. The second-order valence-corrected chi connectivity index (χ2v) is 4.86. The molecule has 0 atom stereocenters. The Morgan fingerprint density at radius 2 is 2.09 bits per heavy atom. The van der Waals surface area contributed by atoms with Gasteiger partial charge in [0.1, 0.15) is 11.4 Å². The molecule has 1 aromatic carbocycles. The average molecular weight is 295 g/mol. The molecular weight excluding hydrogens is 278 g/mol. The summed E-state index contributed by atoms with van der Waals surface area (Å²) < 4.78 is 7.23. The zero-order valence-corrected chi connectivity index (χ0v) is 12.5. The summed E-state index contributed by atoms with van der Waals surface area (Å²) in [7, 11) is 1.58. The van der Waals surface area contributed by atoms with Gasteiger partial charge in [0.15, 0.2) is 0 Å². The Morgan fingerprint density at radius 1 is 1.27 bits per heavy atom. The van der Waals surface area contributed by atoms with E-state index in [1.54, 1.807) is 13.3 Å². The predicted molar refractivity (Wildman–Crippen MR) is 86.4 cm³/mol. The number of aromatic nitrogens is 2. The van der Waals surface area contributed by atoms with Crippen molar-refractivity contribution in [1.29, 1.82) is 0 Å². The molecule has 0 aliphatic rings. The molecule has 0 bridgehead atoms. The van der Waals surface area contributed by atoms with E-state index in [9.17, 15) is 4.79 Å². The van der Waals surface area contributed by atoms with Gasteiger partial charge in [0.25, 0.3) is 5.91 Å². The zero-order chi connectivity index (χ0) is 15.5. The second kappa shape index (κ2) is 5.89. The highest BCUT2D eigenvalue weighted by molar-refractivity contribution is 6.12. The van der Waals surface area contributed by atoms with Crippen LogP contribution >= 0.6 is 0 Å². The largest absolute Gasteiger partial charge is 0.495 e. The molecule has 0 aliphatic heterocycles. The molecule has 0 saturated carbocycles. The molecule has 3 rings (SSSR count). The third kappa shape index (κ3) is 2.41. The summed E-state index contributed by atoms with van der Waals surface area (Å²) in [6, 6.07) is 11.1. The summed E-state index contributed by atoms with van der Waals surface area (Å²) in [4.78, 5) is 17.0. The maximum atomic E-state index is 12.6. The van der Waals surface area contributed by atoms with E-state index in [0.29, 0.717) is 17.0 Å². The fraction of sp³-hybridized carbons (Fsp3) is 0.176. The normalized spacial score (nSPS) is 10.6. The molecule has 0 aliphatic carbocycles. The van der Waals surface area contributed by atoms with Crippen LogP contribution in [0.25, 0.3) is 11.0 Å². The van der Waals surface area contributed by atoms with Crippen LogP contribution < -0.4 is 10.1 Å². The van der Waals surface area contributed by atoms with Gasteiger partial charge in [-0.1, -0.05) is 12.1 Å². The lowest BCUT2D eigenvalue weighted by Crippen LogP contribution is -2.12. The Hall–Kier alpha value is -2.82. The van der Waals surface area contributed by atoms with Crippen molar-refractivity contribution < 1.29 is 9.53 Å². The van der Waals surface area contributed by atoms with Crippen molar-refractivity contribution in [3.8, 4) is 5.75 Å². The number of hydrogen-bond donors (Lipinski definition) is 1. The molecule has 3 aromatic rings.